The number of nitrogens with zero attached hydrogens (tertiary/aromatic N) is 2. The maximum Gasteiger partial charge on any atom is 0.340 e. The molecular weight excluding hydrogens is 326 g/mol. The van der Waals surface area contributed by atoms with Gasteiger partial charge in [-0.3, -0.25) is 4.79 Å². The lowest BCUT2D eigenvalue weighted by Crippen LogP contribution is -2.33. The fourth-order valence-corrected chi connectivity index (χ4v) is 3.69. The van der Waals surface area contributed by atoms with E-state index < -0.39 is 18.0 Å². The third kappa shape index (κ3) is 2.85. The second-order valence-corrected chi connectivity index (χ2v) is 6.44. The van der Waals surface area contributed by atoms with E-state index in [1.807, 2.05) is 0 Å². The van der Waals surface area contributed by atoms with E-state index >= 15 is 0 Å². The molecule has 0 saturated heterocycles. The minimum absolute atomic E-state index is 0.112. The van der Waals surface area contributed by atoms with Gasteiger partial charge < -0.3 is 14.8 Å². The minimum atomic E-state index is -1.15. The molecule has 136 valence electrons. The minimum Gasteiger partial charge on any atom is -0.467 e. The Morgan fingerprint density at radius 1 is 1.16 bits per heavy atom. The van der Waals surface area contributed by atoms with Gasteiger partial charge in [0, 0.05) is 17.8 Å². The monoisotopic (exact) mass is 349 g/mol. The van der Waals surface area contributed by atoms with Crippen molar-refractivity contribution in [3.8, 4) is 0 Å². The van der Waals surface area contributed by atoms with Crippen molar-refractivity contribution in [1.29, 1.82) is 0 Å². The summed E-state index contributed by atoms with van der Waals surface area (Å²) < 4.78 is 12.6. The number of carbonyl (C=O) groups excluding carboxylic acids is 2. The number of hydrogen-bond donors (Lipinski definition) is 1. The molecule has 1 aromatic heterocycles. The fourth-order valence-electron chi connectivity index (χ4n) is 3.69. The van der Waals surface area contributed by atoms with E-state index in [9.17, 15) is 14.4 Å². The molecule has 1 atom stereocenters. The number of fused-ring (bicyclic) bond motifs is 1. The van der Waals surface area contributed by atoms with Crippen LogP contribution in [0.2, 0.25) is 0 Å². The summed E-state index contributed by atoms with van der Waals surface area (Å²) in [5.74, 6) is -0.889. The van der Waals surface area contributed by atoms with Gasteiger partial charge in [-0.25, -0.2) is 19.0 Å². The molecule has 2 aliphatic rings. The first kappa shape index (κ1) is 17.3. The maximum absolute atomic E-state index is 12.4. The second-order valence-electron chi connectivity index (χ2n) is 6.44. The molecule has 1 saturated carbocycles. The first-order chi connectivity index (χ1) is 12.0. The molecule has 8 heteroatoms. The van der Waals surface area contributed by atoms with Crippen molar-refractivity contribution in [3.63, 3.8) is 0 Å². The Bertz CT molecular complexity index is 783. The molecule has 0 aromatic carbocycles. The van der Waals surface area contributed by atoms with Gasteiger partial charge in [0.1, 0.15) is 11.4 Å². The second kappa shape index (κ2) is 6.78. The smallest absolute Gasteiger partial charge is 0.340 e. The molecule has 1 N–H and O–H groups in total. The fraction of sp³-hybridized carbons (Fsp3) is 0.588. The van der Waals surface area contributed by atoms with Crippen LogP contribution in [0.15, 0.2) is 16.4 Å². The summed E-state index contributed by atoms with van der Waals surface area (Å²) in [7, 11) is 2.49. The molecule has 1 aliphatic heterocycles. The molecule has 3 rings (SSSR count). The number of ether oxygens (including phenoxy) is 2. The molecule has 0 amide bonds. The molecule has 1 aliphatic carbocycles. The molecule has 25 heavy (non-hydrogen) atoms. The van der Waals surface area contributed by atoms with E-state index in [4.69, 9.17) is 9.47 Å². The zero-order chi connectivity index (χ0) is 18.1. The van der Waals surface area contributed by atoms with E-state index in [-0.39, 0.29) is 17.2 Å². The zero-order valence-corrected chi connectivity index (χ0v) is 14.7. The van der Waals surface area contributed by atoms with Gasteiger partial charge in [0.15, 0.2) is 6.04 Å². The molecule has 1 aromatic rings. The predicted molar refractivity (Wildman–Crippen MR) is 89.7 cm³/mol. The number of carbonyl (C=O) groups is 2. The largest absolute Gasteiger partial charge is 0.467 e. The first-order valence-corrected chi connectivity index (χ1v) is 8.48. The standard InChI is InChI=1S/C17H23N3O5/c1-10-9-12(21)20-14(17(23)25-3)13(16(22)24-2)15(19(10)20)18-11-7-5-4-6-8-11/h9,11,14,18H,4-8H2,1-3H3. The van der Waals surface area contributed by atoms with Crippen molar-refractivity contribution in [2.75, 3.05) is 14.2 Å². The van der Waals surface area contributed by atoms with Crippen LogP contribution in [0.1, 0.15) is 43.8 Å². The van der Waals surface area contributed by atoms with E-state index in [1.165, 1.54) is 31.4 Å². The quantitative estimate of drug-likeness (QED) is 0.814. The molecule has 0 bridgehead atoms. The van der Waals surface area contributed by atoms with Crippen LogP contribution in [-0.4, -0.2) is 41.6 Å². The normalized spacial score (nSPS) is 20.4. The number of aryl methyl sites for hydroxylation is 1. The van der Waals surface area contributed by atoms with Crippen molar-refractivity contribution in [2.45, 2.75) is 51.1 Å². The van der Waals surface area contributed by atoms with Gasteiger partial charge in [0.2, 0.25) is 0 Å². The van der Waals surface area contributed by atoms with Gasteiger partial charge in [-0.15, -0.1) is 0 Å². The number of esters is 2. The van der Waals surface area contributed by atoms with Crippen LogP contribution >= 0.6 is 0 Å². The van der Waals surface area contributed by atoms with Crippen molar-refractivity contribution in [1.82, 2.24) is 14.7 Å². The number of hydrogen-bond acceptors (Lipinski definition) is 6. The SMILES string of the molecule is COC(=O)C1=C(NC2CCCCC2)n2c(C)cc(=O)n2C1C(=O)OC. The number of methoxy groups -OCH3 is 2. The molecule has 2 heterocycles. The highest BCUT2D eigenvalue weighted by Crippen LogP contribution is 2.33. The molecule has 0 radical (unpaired) electrons. The Kier molecular flexibility index (Phi) is 4.69. The summed E-state index contributed by atoms with van der Waals surface area (Å²) in [6.07, 6.45) is 5.36. The Balaban J connectivity index is 2.14. The highest BCUT2D eigenvalue weighted by atomic mass is 16.5. The lowest BCUT2D eigenvalue weighted by atomic mass is 9.95. The Labute approximate surface area is 145 Å². The summed E-state index contributed by atoms with van der Waals surface area (Å²) in [6.45, 7) is 1.76. The summed E-state index contributed by atoms with van der Waals surface area (Å²) in [5, 5.41) is 3.38. The van der Waals surface area contributed by atoms with E-state index in [1.54, 1.807) is 11.6 Å². The van der Waals surface area contributed by atoms with Crippen LogP contribution in [-0.2, 0) is 19.1 Å². The Hall–Kier alpha value is -2.51. The lowest BCUT2D eigenvalue weighted by Gasteiger charge is -2.25. The van der Waals surface area contributed by atoms with Crippen LogP contribution in [0.4, 0.5) is 0 Å². The van der Waals surface area contributed by atoms with Crippen LogP contribution in [0.5, 0.6) is 0 Å². The Morgan fingerprint density at radius 2 is 1.84 bits per heavy atom. The van der Waals surface area contributed by atoms with Crippen LogP contribution in [0, 0.1) is 6.92 Å². The van der Waals surface area contributed by atoms with Crippen molar-refractivity contribution < 1.29 is 19.1 Å². The van der Waals surface area contributed by atoms with E-state index in [2.05, 4.69) is 5.32 Å². The average Bonchev–Trinajstić information content (AvgIpc) is 3.10. The summed E-state index contributed by atoms with van der Waals surface area (Å²) in [4.78, 5) is 37.2. The highest BCUT2D eigenvalue weighted by Gasteiger charge is 2.43. The molecule has 1 unspecified atom stereocenters. The van der Waals surface area contributed by atoms with E-state index in [0.29, 0.717) is 11.5 Å². The van der Waals surface area contributed by atoms with Gasteiger partial charge in [-0.1, -0.05) is 19.3 Å². The number of rotatable bonds is 4. The first-order valence-electron chi connectivity index (χ1n) is 8.48. The maximum atomic E-state index is 12.4. The highest BCUT2D eigenvalue weighted by molar-refractivity contribution is 6.02. The Morgan fingerprint density at radius 3 is 2.44 bits per heavy atom. The number of aromatic nitrogens is 2. The van der Waals surface area contributed by atoms with Gasteiger partial charge >= 0.3 is 11.9 Å². The average molecular weight is 349 g/mol. The number of nitrogens with one attached hydrogen (secondary N) is 1. The van der Waals surface area contributed by atoms with Gasteiger partial charge in [0.05, 0.1) is 14.2 Å². The van der Waals surface area contributed by atoms with Crippen LogP contribution in [0.25, 0.3) is 5.82 Å². The van der Waals surface area contributed by atoms with Gasteiger partial charge in [-0.2, -0.15) is 0 Å². The topological polar surface area (TPSA) is 91.6 Å². The van der Waals surface area contributed by atoms with Gasteiger partial charge in [-0.05, 0) is 19.8 Å². The predicted octanol–water partition coefficient (Wildman–Crippen LogP) is 0.950. The van der Waals surface area contributed by atoms with Crippen LogP contribution in [0.3, 0.4) is 0 Å². The van der Waals surface area contributed by atoms with Crippen LogP contribution < -0.4 is 10.9 Å². The molecular formula is C17H23N3O5. The lowest BCUT2D eigenvalue weighted by molar-refractivity contribution is -0.146. The molecule has 0 spiro atoms. The third-order valence-electron chi connectivity index (χ3n) is 4.87. The van der Waals surface area contributed by atoms with Crippen molar-refractivity contribution >= 4 is 17.8 Å². The van der Waals surface area contributed by atoms with E-state index in [0.717, 1.165) is 25.7 Å². The molecule has 8 nitrogen and oxygen atoms in total. The van der Waals surface area contributed by atoms with Gasteiger partial charge in [0.25, 0.3) is 5.56 Å². The summed E-state index contributed by atoms with van der Waals surface area (Å²) >= 11 is 0. The van der Waals surface area contributed by atoms with Crippen molar-refractivity contribution in [2.24, 2.45) is 0 Å². The molecule has 1 fully saturated rings. The third-order valence-corrected chi connectivity index (χ3v) is 4.87. The van der Waals surface area contributed by atoms with Crippen molar-refractivity contribution in [3.05, 3.63) is 27.7 Å². The summed E-state index contributed by atoms with van der Waals surface area (Å²) in [5.41, 5.74) is 0.381. The summed E-state index contributed by atoms with van der Waals surface area (Å²) in [6, 6.07) is 0.474. The zero-order valence-electron chi connectivity index (χ0n) is 14.7.